The van der Waals surface area contributed by atoms with Gasteiger partial charge in [-0.15, -0.1) is 11.3 Å². The molecule has 0 fully saturated rings. The minimum Gasteiger partial charge on any atom is -0.465 e. The molecule has 2 aromatic rings. The van der Waals surface area contributed by atoms with Crippen molar-refractivity contribution in [1.29, 1.82) is 0 Å². The van der Waals surface area contributed by atoms with Crippen LogP contribution in [0.2, 0.25) is 0 Å². The minimum atomic E-state index is -0.721. The van der Waals surface area contributed by atoms with Gasteiger partial charge in [-0.3, -0.25) is 4.79 Å². The zero-order valence-corrected chi connectivity index (χ0v) is 10.3. The fourth-order valence-electron chi connectivity index (χ4n) is 1.52. The van der Waals surface area contributed by atoms with E-state index in [1.807, 2.05) is 0 Å². The van der Waals surface area contributed by atoms with E-state index in [9.17, 15) is 14.0 Å². The number of benzene rings is 1. The summed E-state index contributed by atoms with van der Waals surface area (Å²) in [6, 6.07) is 7.61. The quantitative estimate of drug-likeness (QED) is 0.631. The number of hydrogen-bond donors (Lipinski definition) is 0. The van der Waals surface area contributed by atoms with Gasteiger partial charge < -0.3 is 4.74 Å². The maximum absolute atomic E-state index is 13.4. The summed E-state index contributed by atoms with van der Waals surface area (Å²) in [6.07, 6.45) is 0.749. The van der Waals surface area contributed by atoms with E-state index >= 15 is 0 Å². The molecule has 1 heterocycles. The second-order valence-electron chi connectivity index (χ2n) is 3.51. The van der Waals surface area contributed by atoms with Gasteiger partial charge in [0.05, 0.1) is 17.6 Å². The van der Waals surface area contributed by atoms with E-state index in [1.54, 1.807) is 18.2 Å². The van der Waals surface area contributed by atoms with Crippen molar-refractivity contribution in [2.24, 2.45) is 0 Å². The Hall–Kier alpha value is -2.01. The van der Waals surface area contributed by atoms with E-state index < -0.39 is 11.8 Å². The summed E-state index contributed by atoms with van der Waals surface area (Å²) in [6.45, 7) is 0. The van der Waals surface area contributed by atoms with Crippen LogP contribution >= 0.6 is 11.3 Å². The number of aldehydes is 1. The molecule has 0 atom stereocenters. The fraction of sp³-hybridized carbons (Fsp3) is 0.0769. The largest absolute Gasteiger partial charge is 0.465 e. The Morgan fingerprint density at radius 2 is 2.11 bits per heavy atom. The lowest BCUT2D eigenvalue weighted by molar-refractivity contribution is 0.0595. The van der Waals surface area contributed by atoms with Gasteiger partial charge in [0.15, 0.2) is 6.29 Å². The van der Waals surface area contributed by atoms with Crippen LogP contribution in [0.1, 0.15) is 20.0 Å². The first-order chi connectivity index (χ1) is 8.65. The summed E-state index contributed by atoms with van der Waals surface area (Å²) < 4.78 is 17.9. The number of carbonyl (C=O) groups excluding carboxylic acids is 2. The highest BCUT2D eigenvalue weighted by molar-refractivity contribution is 7.17. The molecule has 2 rings (SSSR count). The first-order valence-electron chi connectivity index (χ1n) is 5.09. The van der Waals surface area contributed by atoms with E-state index in [1.165, 1.54) is 30.6 Å². The molecule has 0 aliphatic heterocycles. The van der Waals surface area contributed by atoms with Crippen molar-refractivity contribution in [3.63, 3.8) is 0 Å². The molecule has 0 N–H and O–H groups in total. The summed E-state index contributed by atoms with van der Waals surface area (Å²) in [5.74, 6) is -1.35. The molecule has 0 aliphatic carbocycles. The predicted molar refractivity (Wildman–Crippen MR) is 66.4 cm³/mol. The number of hydrogen-bond acceptors (Lipinski definition) is 4. The predicted octanol–water partition coefficient (Wildman–Crippen LogP) is 3.15. The Bertz CT molecular complexity index is 604. The topological polar surface area (TPSA) is 43.4 Å². The Kier molecular flexibility index (Phi) is 3.53. The Labute approximate surface area is 107 Å². The minimum absolute atomic E-state index is 0.115. The van der Waals surface area contributed by atoms with Crippen LogP contribution in [0, 0.1) is 5.82 Å². The molecule has 0 unspecified atom stereocenters. The van der Waals surface area contributed by atoms with Crippen molar-refractivity contribution in [1.82, 2.24) is 0 Å². The van der Waals surface area contributed by atoms with Crippen LogP contribution in [0.15, 0.2) is 30.3 Å². The molecule has 0 bridgehead atoms. The van der Waals surface area contributed by atoms with Crippen LogP contribution in [0.4, 0.5) is 4.39 Å². The van der Waals surface area contributed by atoms with Crippen molar-refractivity contribution in [3.8, 4) is 10.4 Å². The summed E-state index contributed by atoms with van der Waals surface area (Å²) in [5, 5.41) is 0. The smallest absolute Gasteiger partial charge is 0.340 e. The van der Waals surface area contributed by atoms with Crippen molar-refractivity contribution >= 4 is 23.6 Å². The van der Waals surface area contributed by atoms with Crippen LogP contribution in [-0.2, 0) is 4.74 Å². The van der Waals surface area contributed by atoms with Crippen LogP contribution in [0.25, 0.3) is 10.4 Å². The highest BCUT2D eigenvalue weighted by atomic mass is 32.1. The van der Waals surface area contributed by atoms with Crippen LogP contribution < -0.4 is 0 Å². The van der Waals surface area contributed by atoms with Gasteiger partial charge in [-0.1, -0.05) is 6.07 Å². The molecule has 0 radical (unpaired) electrons. The van der Waals surface area contributed by atoms with E-state index in [0.717, 1.165) is 11.2 Å². The number of carbonyl (C=O) groups is 2. The van der Waals surface area contributed by atoms with Crippen LogP contribution in [-0.4, -0.2) is 19.4 Å². The van der Waals surface area contributed by atoms with Gasteiger partial charge in [-0.25, -0.2) is 9.18 Å². The average Bonchev–Trinajstić information content (AvgIpc) is 2.87. The average molecular weight is 264 g/mol. The molecule has 1 aromatic carbocycles. The van der Waals surface area contributed by atoms with Gasteiger partial charge in [0, 0.05) is 4.88 Å². The molecule has 0 saturated carbocycles. The number of thiophene rings is 1. The Morgan fingerprint density at radius 1 is 1.33 bits per heavy atom. The molecular weight excluding hydrogens is 255 g/mol. The molecular formula is C13H9FO3S. The molecule has 0 aliphatic rings. The summed E-state index contributed by atoms with van der Waals surface area (Å²) >= 11 is 1.28. The number of halogens is 1. The zero-order valence-electron chi connectivity index (χ0n) is 9.48. The van der Waals surface area contributed by atoms with Crippen molar-refractivity contribution < 1.29 is 18.7 Å². The number of esters is 1. The first-order valence-corrected chi connectivity index (χ1v) is 5.90. The van der Waals surface area contributed by atoms with E-state index in [-0.39, 0.29) is 5.56 Å². The lowest BCUT2D eigenvalue weighted by Crippen LogP contribution is -2.04. The Balaban J connectivity index is 2.46. The van der Waals surface area contributed by atoms with Gasteiger partial charge >= 0.3 is 5.97 Å². The standard InChI is InChI=1S/C13H9FO3S/c1-17-13(16)10-6-8(2-4-11(10)14)12-5-3-9(7-15)18-12/h2-7H,1H3. The third-order valence-corrected chi connectivity index (χ3v) is 3.46. The van der Waals surface area contributed by atoms with Crippen molar-refractivity contribution in [2.45, 2.75) is 0 Å². The molecule has 0 spiro atoms. The Morgan fingerprint density at radius 3 is 2.72 bits per heavy atom. The van der Waals surface area contributed by atoms with Crippen molar-refractivity contribution in [3.05, 3.63) is 46.6 Å². The summed E-state index contributed by atoms with van der Waals surface area (Å²) in [5.41, 5.74) is 0.561. The lowest BCUT2D eigenvalue weighted by atomic mass is 10.1. The summed E-state index contributed by atoms with van der Waals surface area (Å²) in [4.78, 5) is 23.3. The molecule has 3 nitrogen and oxygen atoms in total. The van der Waals surface area contributed by atoms with Gasteiger partial charge in [0.2, 0.25) is 0 Å². The molecule has 92 valence electrons. The van der Waals surface area contributed by atoms with Gasteiger partial charge in [0.1, 0.15) is 5.82 Å². The van der Waals surface area contributed by atoms with Gasteiger partial charge in [-0.2, -0.15) is 0 Å². The third kappa shape index (κ3) is 2.31. The molecule has 18 heavy (non-hydrogen) atoms. The lowest BCUT2D eigenvalue weighted by Gasteiger charge is -2.03. The number of ether oxygens (including phenoxy) is 1. The van der Waals surface area contributed by atoms with E-state index in [4.69, 9.17) is 0 Å². The first kappa shape index (κ1) is 12.4. The molecule has 0 saturated heterocycles. The zero-order chi connectivity index (χ0) is 13.1. The monoisotopic (exact) mass is 264 g/mol. The van der Waals surface area contributed by atoms with E-state index in [0.29, 0.717) is 10.4 Å². The molecule has 1 aromatic heterocycles. The second-order valence-corrected chi connectivity index (χ2v) is 4.62. The maximum atomic E-state index is 13.4. The fourth-order valence-corrected chi connectivity index (χ4v) is 2.34. The second kappa shape index (κ2) is 5.10. The normalized spacial score (nSPS) is 10.1. The molecule has 5 heteroatoms. The summed E-state index contributed by atoms with van der Waals surface area (Å²) in [7, 11) is 1.20. The van der Waals surface area contributed by atoms with E-state index in [2.05, 4.69) is 4.74 Å². The van der Waals surface area contributed by atoms with Crippen LogP contribution in [0.5, 0.6) is 0 Å². The maximum Gasteiger partial charge on any atom is 0.340 e. The highest BCUT2D eigenvalue weighted by Gasteiger charge is 2.14. The highest BCUT2D eigenvalue weighted by Crippen LogP contribution is 2.28. The SMILES string of the molecule is COC(=O)c1cc(-c2ccc(C=O)s2)ccc1F. The van der Waals surface area contributed by atoms with Gasteiger partial charge in [-0.05, 0) is 29.8 Å². The number of methoxy groups -OCH3 is 1. The molecule has 0 amide bonds. The number of rotatable bonds is 3. The van der Waals surface area contributed by atoms with Crippen LogP contribution in [0.3, 0.4) is 0 Å². The van der Waals surface area contributed by atoms with Gasteiger partial charge in [0.25, 0.3) is 0 Å². The van der Waals surface area contributed by atoms with Crippen molar-refractivity contribution in [2.75, 3.05) is 7.11 Å². The third-order valence-electron chi connectivity index (χ3n) is 2.40.